The van der Waals surface area contributed by atoms with Crippen molar-refractivity contribution < 1.29 is 9.18 Å². The standard InChI is InChI=1S/C16H25FN4O/c1-12(19-16(22)5-6-18)14-11-13(17)3-4-15(14)21-9-7-20(2)8-10-21/h3-4,11-12H,5-10,18H2,1-2H3,(H,19,22). The molecule has 1 aromatic carbocycles. The Balaban J connectivity index is 2.18. The van der Waals surface area contributed by atoms with Crippen LogP contribution in [0.3, 0.4) is 0 Å². The molecule has 1 aromatic rings. The van der Waals surface area contributed by atoms with Crippen molar-refractivity contribution in [3.8, 4) is 0 Å². The maximum Gasteiger partial charge on any atom is 0.221 e. The van der Waals surface area contributed by atoms with Gasteiger partial charge in [0.25, 0.3) is 0 Å². The molecule has 6 heteroatoms. The van der Waals surface area contributed by atoms with Crippen LogP contribution in [0.4, 0.5) is 10.1 Å². The smallest absolute Gasteiger partial charge is 0.221 e. The number of nitrogens with zero attached hydrogens (tertiary/aromatic N) is 2. The van der Waals surface area contributed by atoms with Gasteiger partial charge in [0.2, 0.25) is 5.91 Å². The molecule has 0 spiro atoms. The van der Waals surface area contributed by atoms with Gasteiger partial charge in [0, 0.05) is 50.4 Å². The second kappa shape index (κ2) is 7.56. The lowest BCUT2D eigenvalue weighted by Crippen LogP contribution is -2.45. The molecule has 1 aliphatic heterocycles. The molecular formula is C16H25FN4O. The lowest BCUT2D eigenvalue weighted by molar-refractivity contribution is -0.121. The van der Waals surface area contributed by atoms with Gasteiger partial charge >= 0.3 is 0 Å². The van der Waals surface area contributed by atoms with Crippen LogP contribution in [-0.2, 0) is 4.79 Å². The van der Waals surface area contributed by atoms with E-state index >= 15 is 0 Å². The molecule has 0 aliphatic carbocycles. The first-order chi connectivity index (χ1) is 10.5. The van der Waals surface area contributed by atoms with Crippen molar-refractivity contribution in [3.63, 3.8) is 0 Å². The average Bonchev–Trinajstić information content (AvgIpc) is 2.48. The summed E-state index contributed by atoms with van der Waals surface area (Å²) in [5.41, 5.74) is 7.20. The summed E-state index contributed by atoms with van der Waals surface area (Å²) in [6.45, 7) is 5.95. The van der Waals surface area contributed by atoms with E-state index in [4.69, 9.17) is 5.73 Å². The van der Waals surface area contributed by atoms with Crippen molar-refractivity contribution in [2.24, 2.45) is 5.73 Å². The van der Waals surface area contributed by atoms with Crippen molar-refractivity contribution in [1.29, 1.82) is 0 Å². The highest BCUT2D eigenvalue weighted by molar-refractivity contribution is 5.77. The minimum absolute atomic E-state index is 0.108. The van der Waals surface area contributed by atoms with Crippen LogP contribution in [0.15, 0.2) is 18.2 Å². The highest BCUT2D eigenvalue weighted by Crippen LogP contribution is 2.28. The molecule has 0 radical (unpaired) electrons. The molecule has 2 rings (SSSR count). The summed E-state index contributed by atoms with van der Waals surface area (Å²) >= 11 is 0. The Bertz CT molecular complexity index is 515. The summed E-state index contributed by atoms with van der Waals surface area (Å²) in [5, 5.41) is 2.89. The molecule has 1 amide bonds. The molecule has 0 bridgehead atoms. The minimum Gasteiger partial charge on any atom is -0.369 e. The average molecular weight is 308 g/mol. The highest BCUT2D eigenvalue weighted by Gasteiger charge is 2.20. The molecule has 1 heterocycles. The van der Waals surface area contributed by atoms with E-state index < -0.39 is 0 Å². The first kappa shape index (κ1) is 16.7. The van der Waals surface area contributed by atoms with Crippen LogP contribution in [0, 0.1) is 5.82 Å². The quantitative estimate of drug-likeness (QED) is 0.855. The van der Waals surface area contributed by atoms with Gasteiger partial charge < -0.3 is 20.9 Å². The number of rotatable bonds is 5. The van der Waals surface area contributed by atoms with Gasteiger partial charge in [-0.25, -0.2) is 4.39 Å². The van der Waals surface area contributed by atoms with Gasteiger partial charge in [-0.2, -0.15) is 0 Å². The van der Waals surface area contributed by atoms with Crippen LogP contribution >= 0.6 is 0 Å². The lowest BCUT2D eigenvalue weighted by atomic mass is 10.0. The largest absolute Gasteiger partial charge is 0.369 e. The molecule has 0 aromatic heterocycles. The summed E-state index contributed by atoms with van der Waals surface area (Å²) in [6, 6.07) is 4.55. The van der Waals surface area contributed by atoms with Crippen molar-refractivity contribution in [2.45, 2.75) is 19.4 Å². The number of nitrogens with one attached hydrogen (secondary N) is 1. The number of benzene rings is 1. The maximum absolute atomic E-state index is 13.7. The van der Waals surface area contributed by atoms with Gasteiger partial charge in [-0.05, 0) is 32.2 Å². The Morgan fingerprint density at radius 1 is 1.36 bits per heavy atom. The van der Waals surface area contributed by atoms with E-state index in [9.17, 15) is 9.18 Å². The monoisotopic (exact) mass is 308 g/mol. The van der Waals surface area contributed by atoms with E-state index in [0.29, 0.717) is 6.54 Å². The number of halogens is 1. The van der Waals surface area contributed by atoms with Crippen LogP contribution in [0.25, 0.3) is 0 Å². The molecule has 1 atom stereocenters. The number of nitrogens with two attached hydrogens (primary N) is 1. The third-order valence-corrected chi connectivity index (χ3v) is 4.05. The fourth-order valence-electron chi connectivity index (χ4n) is 2.73. The number of carbonyl (C=O) groups excluding carboxylic acids is 1. The topological polar surface area (TPSA) is 61.6 Å². The number of amides is 1. The third-order valence-electron chi connectivity index (χ3n) is 4.05. The van der Waals surface area contributed by atoms with Crippen molar-refractivity contribution in [3.05, 3.63) is 29.6 Å². The van der Waals surface area contributed by atoms with E-state index in [0.717, 1.165) is 37.4 Å². The number of hydrogen-bond acceptors (Lipinski definition) is 4. The second-order valence-electron chi connectivity index (χ2n) is 5.82. The van der Waals surface area contributed by atoms with Crippen molar-refractivity contribution in [1.82, 2.24) is 10.2 Å². The van der Waals surface area contributed by atoms with E-state index in [1.54, 1.807) is 0 Å². The van der Waals surface area contributed by atoms with Crippen LogP contribution in [0.2, 0.25) is 0 Å². The number of anilines is 1. The Kier molecular flexibility index (Phi) is 5.74. The Hall–Kier alpha value is -1.66. The van der Waals surface area contributed by atoms with Gasteiger partial charge in [-0.3, -0.25) is 4.79 Å². The number of hydrogen-bond donors (Lipinski definition) is 2. The number of piperazine rings is 1. The van der Waals surface area contributed by atoms with Gasteiger partial charge in [-0.15, -0.1) is 0 Å². The Labute approximate surface area is 131 Å². The SMILES string of the molecule is CC(NC(=O)CCN)c1cc(F)ccc1N1CCN(C)CC1. The summed E-state index contributed by atoms with van der Waals surface area (Å²) in [5.74, 6) is -0.392. The van der Waals surface area contributed by atoms with Crippen molar-refractivity contribution >= 4 is 11.6 Å². The summed E-state index contributed by atoms with van der Waals surface area (Å²) < 4.78 is 13.7. The molecule has 1 unspecified atom stereocenters. The predicted octanol–water partition coefficient (Wildman–Crippen LogP) is 1.10. The molecule has 5 nitrogen and oxygen atoms in total. The Morgan fingerprint density at radius 3 is 2.68 bits per heavy atom. The predicted molar refractivity (Wildman–Crippen MR) is 86.3 cm³/mol. The van der Waals surface area contributed by atoms with Gasteiger partial charge in [0.05, 0.1) is 6.04 Å². The first-order valence-electron chi connectivity index (χ1n) is 7.73. The molecule has 122 valence electrons. The molecule has 1 saturated heterocycles. The van der Waals surface area contributed by atoms with Crippen molar-refractivity contribution in [2.75, 3.05) is 44.7 Å². The van der Waals surface area contributed by atoms with E-state index in [-0.39, 0.29) is 24.2 Å². The zero-order chi connectivity index (χ0) is 16.1. The van der Waals surface area contributed by atoms with Gasteiger partial charge in [0.15, 0.2) is 0 Å². The third kappa shape index (κ3) is 4.18. The summed E-state index contributed by atoms with van der Waals surface area (Å²) in [7, 11) is 2.10. The molecular weight excluding hydrogens is 283 g/mol. The van der Waals surface area contributed by atoms with Gasteiger partial charge in [0.1, 0.15) is 5.82 Å². The molecule has 1 aliphatic rings. The normalized spacial score (nSPS) is 17.4. The van der Waals surface area contributed by atoms with Crippen LogP contribution < -0.4 is 16.0 Å². The van der Waals surface area contributed by atoms with Crippen LogP contribution in [-0.4, -0.2) is 50.6 Å². The minimum atomic E-state index is -0.284. The summed E-state index contributed by atoms with van der Waals surface area (Å²) in [6.07, 6.45) is 0.281. The lowest BCUT2D eigenvalue weighted by Gasteiger charge is -2.36. The number of carbonyl (C=O) groups is 1. The second-order valence-corrected chi connectivity index (χ2v) is 5.82. The van der Waals surface area contributed by atoms with E-state index in [1.165, 1.54) is 12.1 Å². The van der Waals surface area contributed by atoms with E-state index in [1.807, 2.05) is 13.0 Å². The van der Waals surface area contributed by atoms with E-state index in [2.05, 4.69) is 22.2 Å². The molecule has 1 fully saturated rings. The maximum atomic E-state index is 13.7. The first-order valence-corrected chi connectivity index (χ1v) is 7.73. The fraction of sp³-hybridized carbons (Fsp3) is 0.562. The molecule has 3 N–H and O–H groups in total. The van der Waals surface area contributed by atoms with Gasteiger partial charge in [-0.1, -0.05) is 0 Å². The zero-order valence-electron chi connectivity index (χ0n) is 13.3. The Morgan fingerprint density at radius 2 is 2.05 bits per heavy atom. The van der Waals surface area contributed by atoms with Crippen LogP contribution in [0.1, 0.15) is 24.9 Å². The van der Waals surface area contributed by atoms with Crippen LogP contribution in [0.5, 0.6) is 0 Å². The molecule has 22 heavy (non-hydrogen) atoms. The zero-order valence-corrected chi connectivity index (χ0v) is 13.3. The highest BCUT2D eigenvalue weighted by atomic mass is 19.1. The number of likely N-dealkylation sites (N-methyl/N-ethyl adjacent to an activating group) is 1. The summed E-state index contributed by atoms with van der Waals surface area (Å²) in [4.78, 5) is 16.3. The fourth-order valence-corrected chi connectivity index (χ4v) is 2.73. The molecule has 0 saturated carbocycles.